The van der Waals surface area contributed by atoms with Crippen LogP contribution in [0.1, 0.15) is 41.6 Å². The van der Waals surface area contributed by atoms with E-state index in [1.54, 1.807) is 24.3 Å². The van der Waals surface area contributed by atoms with E-state index in [1.165, 1.54) is 23.4 Å². The molecule has 4 heteroatoms. The monoisotopic (exact) mass is 387 g/mol. The number of carbonyl (C=O) groups excluding carboxylic acids is 2. The molecule has 0 aromatic heterocycles. The lowest BCUT2D eigenvalue weighted by atomic mass is 10.1. The van der Waals surface area contributed by atoms with Gasteiger partial charge in [0.05, 0.1) is 18.4 Å². The fraction of sp³-hybridized carbons (Fsp3) is 0.200. The number of fused-ring (bicyclic) bond motifs is 1. The van der Waals surface area contributed by atoms with Gasteiger partial charge in [-0.1, -0.05) is 60.7 Å². The summed E-state index contributed by atoms with van der Waals surface area (Å²) >= 11 is 0. The molecule has 148 valence electrons. The topological polar surface area (TPSA) is 55.4 Å². The fourth-order valence-electron chi connectivity index (χ4n) is 3.17. The third-order valence-corrected chi connectivity index (χ3v) is 4.71. The first kappa shape index (κ1) is 20.3. The number of methoxy groups -OCH3 is 1. The molecule has 0 aliphatic carbocycles. The van der Waals surface area contributed by atoms with Crippen LogP contribution in [0, 0.1) is 0 Å². The first-order valence-corrected chi connectivity index (χ1v) is 9.80. The normalized spacial score (nSPS) is 10.9. The average Bonchev–Trinajstić information content (AvgIpc) is 2.76. The number of nitrogens with one attached hydrogen (secondary N) is 1. The van der Waals surface area contributed by atoms with Gasteiger partial charge in [-0.3, -0.25) is 4.79 Å². The molecule has 29 heavy (non-hydrogen) atoms. The maximum absolute atomic E-state index is 12.2. The molecule has 0 bridgehead atoms. The molecule has 0 unspecified atom stereocenters. The van der Waals surface area contributed by atoms with Crippen molar-refractivity contribution >= 4 is 34.4 Å². The third-order valence-electron chi connectivity index (χ3n) is 4.71. The molecule has 1 N–H and O–H groups in total. The first-order chi connectivity index (χ1) is 14.2. The number of ether oxygens (including phenoxy) is 1. The Balaban J connectivity index is 1.43. The van der Waals surface area contributed by atoms with E-state index < -0.39 is 5.97 Å². The number of esters is 1. The second-order valence-electron chi connectivity index (χ2n) is 6.84. The summed E-state index contributed by atoms with van der Waals surface area (Å²) in [6, 6.07) is 21.6. The lowest BCUT2D eigenvalue weighted by Crippen LogP contribution is -2.14. The van der Waals surface area contributed by atoms with Gasteiger partial charge in [-0.25, -0.2) is 4.79 Å². The van der Waals surface area contributed by atoms with Crippen LogP contribution in [-0.4, -0.2) is 19.0 Å². The minimum Gasteiger partial charge on any atom is -0.465 e. The number of rotatable bonds is 8. The van der Waals surface area contributed by atoms with E-state index in [1.807, 2.05) is 12.1 Å². The van der Waals surface area contributed by atoms with Crippen LogP contribution in [0.25, 0.3) is 16.8 Å². The highest BCUT2D eigenvalue weighted by Crippen LogP contribution is 2.18. The number of para-hydroxylation sites is 1. The van der Waals surface area contributed by atoms with Crippen LogP contribution in [0.4, 0.5) is 5.69 Å². The highest BCUT2D eigenvalue weighted by atomic mass is 16.5. The minimum atomic E-state index is -0.459. The van der Waals surface area contributed by atoms with Gasteiger partial charge in [-0.2, -0.15) is 0 Å². The quantitative estimate of drug-likeness (QED) is 0.390. The third kappa shape index (κ3) is 5.79. The lowest BCUT2D eigenvalue weighted by Gasteiger charge is -2.09. The van der Waals surface area contributed by atoms with Crippen LogP contribution in [-0.2, 0) is 9.53 Å². The largest absolute Gasteiger partial charge is 0.465 e. The van der Waals surface area contributed by atoms with E-state index in [2.05, 4.69) is 47.8 Å². The Morgan fingerprint density at radius 3 is 2.52 bits per heavy atom. The second kappa shape index (κ2) is 10.2. The number of amides is 1. The summed E-state index contributed by atoms with van der Waals surface area (Å²) in [7, 11) is 1.33. The Morgan fingerprint density at radius 1 is 0.931 bits per heavy atom. The van der Waals surface area contributed by atoms with Crippen molar-refractivity contribution in [2.24, 2.45) is 0 Å². The van der Waals surface area contributed by atoms with Gasteiger partial charge in [0.15, 0.2) is 0 Å². The zero-order valence-corrected chi connectivity index (χ0v) is 16.6. The van der Waals surface area contributed by atoms with Crippen molar-refractivity contribution in [3.8, 4) is 0 Å². The molecule has 0 spiro atoms. The summed E-state index contributed by atoms with van der Waals surface area (Å²) in [5.41, 5.74) is 2.03. The highest BCUT2D eigenvalue weighted by Gasteiger charge is 2.12. The molecule has 3 aromatic rings. The van der Waals surface area contributed by atoms with Crippen molar-refractivity contribution in [1.82, 2.24) is 0 Å². The van der Waals surface area contributed by atoms with Crippen molar-refractivity contribution in [3.63, 3.8) is 0 Å². The van der Waals surface area contributed by atoms with Crippen molar-refractivity contribution in [2.45, 2.75) is 25.7 Å². The molecule has 0 aliphatic heterocycles. The molecule has 0 fully saturated rings. The molecule has 0 heterocycles. The Labute approximate surface area is 171 Å². The Morgan fingerprint density at radius 2 is 1.69 bits per heavy atom. The average molecular weight is 387 g/mol. The standard InChI is InChI=1S/C25H25NO3/c1-29-25(28)22-13-8-9-14-23(22)26-24(27)15-5-3-2-4-10-19-16-17-20-11-6-7-12-21(20)18-19/h4,6-14,16-18H,2-3,5,15H2,1H3,(H,26,27)/b10-4+. The number of allylic oxidation sites excluding steroid dienone is 1. The molecule has 0 saturated heterocycles. The van der Waals surface area contributed by atoms with Crippen LogP contribution in [0.2, 0.25) is 0 Å². The molecule has 3 aromatic carbocycles. The van der Waals surface area contributed by atoms with E-state index in [-0.39, 0.29) is 5.91 Å². The number of anilines is 1. The zero-order chi connectivity index (χ0) is 20.5. The van der Waals surface area contributed by atoms with Gasteiger partial charge in [0.25, 0.3) is 0 Å². The van der Waals surface area contributed by atoms with Crippen LogP contribution >= 0.6 is 0 Å². The van der Waals surface area contributed by atoms with Gasteiger partial charge < -0.3 is 10.1 Å². The van der Waals surface area contributed by atoms with E-state index in [4.69, 9.17) is 4.74 Å². The zero-order valence-electron chi connectivity index (χ0n) is 16.6. The predicted molar refractivity (Wildman–Crippen MR) is 118 cm³/mol. The molecule has 3 rings (SSSR count). The Kier molecular flexibility index (Phi) is 7.17. The Bertz CT molecular complexity index is 1020. The summed E-state index contributed by atoms with van der Waals surface area (Å²) in [5, 5.41) is 5.28. The van der Waals surface area contributed by atoms with E-state index >= 15 is 0 Å². The van der Waals surface area contributed by atoms with Crippen molar-refractivity contribution in [2.75, 3.05) is 12.4 Å². The van der Waals surface area contributed by atoms with E-state index in [0.717, 1.165) is 19.3 Å². The van der Waals surface area contributed by atoms with Crippen molar-refractivity contribution in [3.05, 3.63) is 83.9 Å². The Hall–Kier alpha value is -3.40. The van der Waals surface area contributed by atoms with Crippen LogP contribution in [0.15, 0.2) is 72.8 Å². The van der Waals surface area contributed by atoms with Gasteiger partial charge in [0.2, 0.25) is 5.91 Å². The SMILES string of the molecule is COC(=O)c1ccccc1NC(=O)CCCC/C=C/c1ccc2ccccc2c1. The van der Waals surface area contributed by atoms with Gasteiger partial charge in [-0.15, -0.1) is 0 Å². The van der Waals surface area contributed by atoms with Gasteiger partial charge in [0, 0.05) is 6.42 Å². The lowest BCUT2D eigenvalue weighted by molar-refractivity contribution is -0.116. The highest BCUT2D eigenvalue weighted by molar-refractivity contribution is 6.01. The molecular weight excluding hydrogens is 362 g/mol. The summed E-state index contributed by atoms with van der Waals surface area (Å²) in [6.07, 6.45) is 7.32. The molecular formula is C25H25NO3. The van der Waals surface area contributed by atoms with Gasteiger partial charge in [0.1, 0.15) is 0 Å². The van der Waals surface area contributed by atoms with Crippen LogP contribution < -0.4 is 5.32 Å². The molecule has 0 saturated carbocycles. The number of hydrogen-bond donors (Lipinski definition) is 1. The van der Waals surface area contributed by atoms with E-state index in [9.17, 15) is 9.59 Å². The summed E-state index contributed by atoms with van der Waals surface area (Å²) in [4.78, 5) is 23.9. The fourth-order valence-corrected chi connectivity index (χ4v) is 3.17. The summed E-state index contributed by atoms with van der Waals surface area (Å²) in [5.74, 6) is -0.556. The number of carbonyl (C=O) groups is 2. The van der Waals surface area contributed by atoms with E-state index in [0.29, 0.717) is 17.7 Å². The van der Waals surface area contributed by atoms with Gasteiger partial charge >= 0.3 is 5.97 Å². The molecule has 4 nitrogen and oxygen atoms in total. The maximum Gasteiger partial charge on any atom is 0.339 e. The predicted octanol–water partition coefficient (Wildman–Crippen LogP) is 5.84. The first-order valence-electron chi connectivity index (χ1n) is 9.80. The number of unbranched alkanes of at least 4 members (excludes halogenated alkanes) is 2. The molecule has 0 atom stereocenters. The van der Waals surface area contributed by atoms with Crippen molar-refractivity contribution in [1.29, 1.82) is 0 Å². The molecule has 0 radical (unpaired) electrons. The molecule has 0 aliphatic rings. The van der Waals surface area contributed by atoms with Crippen LogP contribution in [0.3, 0.4) is 0 Å². The van der Waals surface area contributed by atoms with Crippen LogP contribution in [0.5, 0.6) is 0 Å². The molecule has 1 amide bonds. The minimum absolute atomic E-state index is 0.0974. The summed E-state index contributed by atoms with van der Waals surface area (Å²) < 4.78 is 4.75. The summed E-state index contributed by atoms with van der Waals surface area (Å²) in [6.45, 7) is 0. The second-order valence-corrected chi connectivity index (χ2v) is 6.84. The number of hydrogen-bond acceptors (Lipinski definition) is 3. The van der Waals surface area contributed by atoms with Crippen molar-refractivity contribution < 1.29 is 14.3 Å². The number of benzene rings is 3. The maximum atomic E-state index is 12.2. The smallest absolute Gasteiger partial charge is 0.339 e. The van der Waals surface area contributed by atoms with Gasteiger partial charge in [-0.05, 0) is 53.8 Å².